The molecule has 0 aliphatic heterocycles. The zero-order valence-corrected chi connectivity index (χ0v) is 26.9. The fourth-order valence-electron chi connectivity index (χ4n) is 4.95. The molecule has 4 atom stereocenters. The Bertz CT molecular complexity index is 1530. The van der Waals surface area contributed by atoms with Crippen molar-refractivity contribution in [3.63, 3.8) is 0 Å². The van der Waals surface area contributed by atoms with Crippen molar-refractivity contribution in [2.75, 3.05) is 22.1 Å². The van der Waals surface area contributed by atoms with E-state index in [0.717, 1.165) is 58.1 Å². The third-order valence-corrected chi connectivity index (χ3v) is 9.73. The second-order valence-electron chi connectivity index (χ2n) is 10.6. The quantitative estimate of drug-likeness (QED) is 0.122. The molecule has 6 rings (SSSR count). The lowest BCUT2D eigenvalue weighted by Crippen LogP contribution is -2.28. The molecule has 232 valence electrons. The number of hydrogen-bond donors (Lipinski definition) is 6. The van der Waals surface area contributed by atoms with E-state index >= 15 is 0 Å². The SMILES string of the molecule is Nc1ncc(Sc2ccc(Cl)cc2)c(N[C@@H]2CCC[C@@H]2O)n1.Nc1ncc(Sc2ccc(Cl)cc2)c(N[C@H]2CC[C@@H](O)C2)n1. The molecule has 0 bridgehead atoms. The molecule has 2 aromatic carbocycles. The summed E-state index contributed by atoms with van der Waals surface area (Å²) in [5.41, 5.74) is 11.4. The van der Waals surface area contributed by atoms with Gasteiger partial charge in [0, 0.05) is 38.3 Å². The first-order valence-corrected chi connectivity index (χ1v) is 16.6. The van der Waals surface area contributed by atoms with Crippen LogP contribution in [0.5, 0.6) is 0 Å². The lowest BCUT2D eigenvalue weighted by atomic mass is 10.2. The highest BCUT2D eigenvalue weighted by atomic mass is 35.5. The molecule has 0 unspecified atom stereocenters. The Kier molecular flexibility index (Phi) is 11.3. The summed E-state index contributed by atoms with van der Waals surface area (Å²) in [6.07, 6.45) is 8.07. The van der Waals surface area contributed by atoms with Crippen molar-refractivity contribution in [2.24, 2.45) is 0 Å². The lowest BCUT2D eigenvalue weighted by Gasteiger charge is -2.19. The zero-order valence-electron chi connectivity index (χ0n) is 23.7. The smallest absolute Gasteiger partial charge is 0.221 e. The summed E-state index contributed by atoms with van der Waals surface area (Å²) in [5.74, 6) is 1.84. The number of aliphatic hydroxyl groups excluding tert-OH is 2. The van der Waals surface area contributed by atoms with Crippen LogP contribution in [0.25, 0.3) is 0 Å². The molecule has 2 heterocycles. The van der Waals surface area contributed by atoms with Crippen molar-refractivity contribution in [2.45, 2.75) is 82.4 Å². The number of hydrogen-bond acceptors (Lipinski definition) is 12. The zero-order chi connectivity index (χ0) is 31.1. The number of rotatable bonds is 8. The fourth-order valence-corrected chi connectivity index (χ4v) is 6.87. The predicted octanol–water partition coefficient (Wildman–Crippen LogP) is 6.38. The van der Waals surface area contributed by atoms with Crippen molar-refractivity contribution < 1.29 is 10.2 Å². The van der Waals surface area contributed by atoms with Gasteiger partial charge in [0.15, 0.2) is 0 Å². The molecule has 0 radical (unpaired) electrons. The van der Waals surface area contributed by atoms with Gasteiger partial charge in [-0.15, -0.1) is 0 Å². The Balaban J connectivity index is 0.000000175. The molecule has 0 saturated heterocycles. The van der Waals surface area contributed by atoms with Crippen molar-refractivity contribution in [1.82, 2.24) is 19.9 Å². The summed E-state index contributed by atoms with van der Waals surface area (Å²) >= 11 is 14.9. The van der Waals surface area contributed by atoms with Crippen LogP contribution in [0.15, 0.2) is 80.5 Å². The lowest BCUT2D eigenvalue weighted by molar-refractivity contribution is 0.171. The fraction of sp³-hybridized carbons (Fsp3) is 0.333. The number of nitrogen functional groups attached to an aromatic ring is 2. The van der Waals surface area contributed by atoms with Gasteiger partial charge < -0.3 is 32.3 Å². The van der Waals surface area contributed by atoms with Crippen LogP contribution in [-0.2, 0) is 0 Å². The number of nitrogens with one attached hydrogen (secondary N) is 2. The summed E-state index contributed by atoms with van der Waals surface area (Å²) in [4.78, 5) is 20.6. The summed E-state index contributed by atoms with van der Waals surface area (Å²) in [7, 11) is 0. The molecule has 14 heteroatoms. The minimum Gasteiger partial charge on any atom is -0.393 e. The number of anilines is 4. The maximum absolute atomic E-state index is 9.97. The topological polar surface area (TPSA) is 168 Å². The molecule has 44 heavy (non-hydrogen) atoms. The Labute approximate surface area is 274 Å². The number of benzene rings is 2. The van der Waals surface area contributed by atoms with E-state index in [2.05, 4.69) is 30.6 Å². The van der Waals surface area contributed by atoms with E-state index < -0.39 is 0 Å². The van der Waals surface area contributed by atoms with Crippen molar-refractivity contribution in [3.8, 4) is 0 Å². The molecule has 2 saturated carbocycles. The number of nitrogens with two attached hydrogens (primary N) is 2. The maximum atomic E-state index is 9.97. The molecule has 10 nitrogen and oxygen atoms in total. The third kappa shape index (κ3) is 9.26. The Hall–Kier alpha value is -3.00. The minimum absolute atomic E-state index is 0.0128. The van der Waals surface area contributed by atoms with Crippen LogP contribution in [0.3, 0.4) is 0 Å². The van der Waals surface area contributed by atoms with E-state index in [1.54, 1.807) is 24.2 Å². The standard InChI is InChI=1S/2C15H17ClN4OS/c16-9-1-5-12(6-2-9)22-13-8-18-15(17)20-14(13)19-10-3-4-11(21)7-10;16-9-4-6-10(7-5-9)22-13-8-18-15(17)20-14(13)19-11-2-1-3-12(11)21/h1-2,5-6,8,10-11,21H,3-4,7H2,(H3,17,18,19,20);4-8,11-12,21H,1-3H2,(H3,17,18,19,20)/t10-,11+;11-,12+/m01/s1. The third-order valence-electron chi connectivity index (χ3n) is 7.18. The Morgan fingerprint density at radius 2 is 1.23 bits per heavy atom. The first-order chi connectivity index (χ1) is 21.2. The largest absolute Gasteiger partial charge is 0.393 e. The van der Waals surface area contributed by atoms with E-state index in [4.69, 9.17) is 34.7 Å². The van der Waals surface area contributed by atoms with E-state index in [-0.39, 0.29) is 36.2 Å². The van der Waals surface area contributed by atoms with Gasteiger partial charge in [0.05, 0.1) is 28.0 Å². The molecule has 2 fully saturated rings. The molecule has 0 spiro atoms. The summed E-state index contributed by atoms with van der Waals surface area (Å²) in [5, 5.41) is 27.7. The van der Waals surface area contributed by atoms with Gasteiger partial charge in [-0.3, -0.25) is 0 Å². The van der Waals surface area contributed by atoms with Crippen LogP contribution < -0.4 is 22.1 Å². The molecule has 2 aliphatic carbocycles. The van der Waals surface area contributed by atoms with E-state index in [9.17, 15) is 10.2 Å². The van der Waals surface area contributed by atoms with Gasteiger partial charge in [-0.2, -0.15) is 9.97 Å². The van der Waals surface area contributed by atoms with E-state index in [0.29, 0.717) is 21.7 Å². The van der Waals surface area contributed by atoms with Gasteiger partial charge >= 0.3 is 0 Å². The molecular weight excluding hydrogens is 639 g/mol. The van der Waals surface area contributed by atoms with E-state index in [1.165, 1.54) is 11.8 Å². The second-order valence-corrected chi connectivity index (χ2v) is 13.7. The Morgan fingerprint density at radius 3 is 1.68 bits per heavy atom. The first kappa shape index (κ1) is 32.4. The highest BCUT2D eigenvalue weighted by molar-refractivity contribution is 7.99. The van der Waals surface area contributed by atoms with Crippen LogP contribution in [0.1, 0.15) is 38.5 Å². The average molecular weight is 674 g/mol. The number of nitrogens with zero attached hydrogens (tertiary/aromatic N) is 4. The average Bonchev–Trinajstić information content (AvgIpc) is 3.61. The highest BCUT2D eigenvalue weighted by Crippen LogP contribution is 2.36. The maximum Gasteiger partial charge on any atom is 0.221 e. The van der Waals surface area contributed by atoms with Crippen LogP contribution in [0.2, 0.25) is 10.0 Å². The number of halogens is 2. The molecule has 8 N–H and O–H groups in total. The summed E-state index contributed by atoms with van der Waals surface area (Å²) < 4.78 is 0. The van der Waals surface area contributed by atoms with Gasteiger partial charge in [-0.1, -0.05) is 46.7 Å². The first-order valence-electron chi connectivity index (χ1n) is 14.2. The van der Waals surface area contributed by atoms with Crippen molar-refractivity contribution >= 4 is 70.3 Å². The summed E-state index contributed by atoms with van der Waals surface area (Å²) in [6, 6.07) is 15.4. The normalized spacial score (nSPS) is 21.0. The van der Waals surface area contributed by atoms with Gasteiger partial charge in [0.25, 0.3) is 0 Å². The minimum atomic E-state index is -0.343. The number of aliphatic hydroxyl groups is 2. The molecule has 2 aromatic heterocycles. The van der Waals surface area contributed by atoms with Crippen LogP contribution in [0, 0.1) is 0 Å². The molecule has 4 aromatic rings. The van der Waals surface area contributed by atoms with Crippen molar-refractivity contribution in [1.29, 1.82) is 0 Å². The number of aromatic nitrogens is 4. The predicted molar refractivity (Wildman–Crippen MR) is 179 cm³/mol. The van der Waals surface area contributed by atoms with Crippen molar-refractivity contribution in [3.05, 3.63) is 71.0 Å². The second kappa shape index (κ2) is 15.3. The summed E-state index contributed by atoms with van der Waals surface area (Å²) in [6.45, 7) is 0. The monoisotopic (exact) mass is 672 g/mol. The van der Waals surface area contributed by atoms with Crippen LogP contribution in [0.4, 0.5) is 23.5 Å². The highest BCUT2D eigenvalue weighted by Gasteiger charge is 2.26. The van der Waals surface area contributed by atoms with Gasteiger partial charge in [0.2, 0.25) is 11.9 Å². The van der Waals surface area contributed by atoms with Gasteiger partial charge in [-0.25, -0.2) is 9.97 Å². The van der Waals surface area contributed by atoms with Crippen LogP contribution in [-0.4, -0.2) is 54.4 Å². The molecule has 0 amide bonds. The van der Waals surface area contributed by atoms with Gasteiger partial charge in [0.1, 0.15) is 11.6 Å². The van der Waals surface area contributed by atoms with Crippen LogP contribution >= 0.6 is 46.7 Å². The molecule has 2 aliphatic rings. The van der Waals surface area contributed by atoms with E-state index in [1.807, 2.05) is 48.5 Å². The molecular formula is C30H34Cl2N8O2S2. The van der Waals surface area contributed by atoms with Gasteiger partial charge in [-0.05, 0) is 87.1 Å². The Morgan fingerprint density at radius 1 is 0.705 bits per heavy atom.